The molecule has 0 fully saturated rings. The Bertz CT molecular complexity index is 565. The monoisotopic (exact) mass is 289 g/mol. The van der Waals surface area contributed by atoms with E-state index >= 15 is 0 Å². The van der Waals surface area contributed by atoms with Gasteiger partial charge in [0.05, 0.1) is 7.11 Å². The van der Waals surface area contributed by atoms with Crippen LogP contribution in [0.3, 0.4) is 0 Å². The largest absolute Gasteiger partial charge is 0.496 e. The van der Waals surface area contributed by atoms with Gasteiger partial charge in [-0.25, -0.2) is 4.79 Å². The van der Waals surface area contributed by atoms with Crippen LogP contribution in [0.1, 0.15) is 35.2 Å². The highest BCUT2D eigenvalue weighted by molar-refractivity contribution is 5.91. The Morgan fingerprint density at radius 2 is 2.24 bits per heavy atom. The SMILES string of the molecule is COc1cc(CNC(=O)C[C@H]2C=CCC2)ccc1C(=O)O. The first-order valence-corrected chi connectivity index (χ1v) is 6.93. The number of hydrogen-bond acceptors (Lipinski definition) is 3. The van der Waals surface area contributed by atoms with Gasteiger partial charge in [0.1, 0.15) is 11.3 Å². The van der Waals surface area contributed by atoms with Crippen molar-refractivity contribution in [3.63, 3.8) is 0 Å². The van der Waals surface area contributed by atoms with E-state index in [0.717, 1.165) is 18.4 Å². The van der Waals surface area contributed by atoms with E-state index in [2.05, 4.69) is 17.5 Å². The first-order chi connectivity index (χ1) is 10.1. The molecule has 0 saturated heterocycles. The fourth-order valence-electron chi connectivity index (χ4n) is 2.40. The number of carbonyl (C=O) groups excluding carboxylic acids is 1. The Hall–Kier alpha value is -2.30. The number of ether oxygens (including phenoxy) is 1. The summed E-state index contributed by atoms with van der Waals surface area (Å²) in [7, 11) is 1.43. The van der Waals surface area contributed by atoms with Crippen molar-refractivity contribution in [3.05, 3.63) is 41.5 Å². The minimum absolute atomic E-state index is 0.00725. The van der Waals surface area contributed by atoms with Crippen LogP contribution in [0, 0.1) is 5.92 Å². The van der Waals surface area contributed by atoms with Crippen LogP contribution in [0.2, 0.25) is 0 Å². The van der Waals surface area contributed by atoms with Crippen LogP contribution in [-0.4, -0.2) is 24.1 Å². The van der Waals surface area contributed by atoms with Crippen LogP contribution in [0.25, 0.3) is 0 Å². The van der Waals surface area contributed by atoms with Crippen LogP contribution in [0.15, 0.2) is 30.4 Å². The molecule has 21 heavy (non-hydrogen) atoms. The van der Waals surface area contributed by atoms with Gasteiger partial charge in [0.2, 0.25) is 5.91 Å². The fraction of sp³-hybridized carbons (Fsp3) is 0.375. The average Bonchev–Trinajstić information content (AvgIpc) is 2.97. The van der Waals surface area contributed by atoms with Gasteiger partial charge >= 0.3 is 5.97 Å². The van der Waals surface area contributed by atoms with Crippen molar-refractivity contribution in [2.45, 2.75) is 25.8 Å². The molecule has 0 spiro atoms. The first kappa shape index (κ1) is 15.1. The zero-order valence-electron chi connectivity index (χ0n) is 12.0. The molecule has 1 amide bonds. The molecule has 112 valence electrons. The van der Waals surface area contributed by atoms with E-state index in [1.807, 2.05) is 0 Å². The van der Waals surface area contributed by atoms with E-state index in [9.17, 15) is 9.59 Å². The molecule has 0 aromatic heterocycles. The molecule has 5 heteroatoms. The molecule has 0 unspecified atom stereocenters. The zero-order valence-corrected chi connectivity index (χ0v) is 12.0. The summed E-state index contributed by atoms with van der Waals surface area (Å²) in [4.78, 5) is 22.8. The molecule has 0 bridgehead atoms. The maximum Gasteiger partial charge on any atom is 0.339 e. The Kier molecular flexibility index (Phi) is 4.98. The smallest absolute Gasteiger partial charge is 0.339 e. The third kappa shape index (κ3) is 4.08. The predicted octanol–water partition coefficient (Wildman–Crippen LogP) is 2.37. The molecule has 1 aromatic rings. The van der Waals surface area contributed by atoms with Gasteiger partial charge in [-0.05, 0) is 36.5 Å². The van der Waals surface area contributed by atoms with E-state index in [1.165, 1.54) is 13.2 Å². The fourth-order valence-corrected chi connectivity index (χ4v) is 2.40. The van der Waals surface area contributed by atoms with Gasteiger partial charge in [0.25, 0.3) is 0 Å². The Balaban J connectivity index is 1.92. The number of allylic oxidation sites excluding steroid dienone is 2. The second kappa shape index (κ2) is 6.92. The van der Waals surface area contributed by atoms with Crippen molar-refractivity contribution in [2.24, 2.45) is 5.92 Å². The van der Waals surface area contributed by atoms with E-state index < -0.39 is 5.97 Å². The van der Waals surface area contributed by atoms with E-state index in [1.54, 1.807) is 12.1 Å². The second-order valence-corrected chi connectivity index (χ2v) is 5.09. The second-order valence-electron chi connectivity index (χ2n) is 5.09. The van der Waals surface area contributed by atoms with Crippen molar-refractivity contribution in [2.75, 3.05) is 7.11 Å². The van der Waals surface area contributed by atoms with Crippen molar-refractivity contribution in [1.29, 1.82) is 0 Å². The number of benzene rings is 1. The van der Waals surface area contributed by atoms with Gasteiger partial charge in [0.15, 0.2) is 0 Å². The third-order valence-electron chi connectivity index (χ3n) is 3.55. The summed E-state index contributed by atoms with van der Waals surface area (Å²) >= 11 is 0. The van der Waals surface area contributed by atoms with Crippen LogP contribution >= 0.6 is 0 Å². The molecule has 0 heterocycles. The molecule has 5 nitrogen and oxygen atoms in total. The number of carboxylic acid groups (broad SMARTS) is 1. The quantitative estimate of drug-likeness (QED) is 0.788. The molecule has 0 saturated carbocycles. The van der Waals surface area contributed by atoms with Crippen LogP contribution < -0.4 is 10.1 Å². The van der Waals surface area contributed by atoms with E-state index in [4.69, 9.17) is 9.84 Å². The van der Waals surface area contributed by atoms with Gasteiger partial charge in [-0.15, -0.1) is 0 Å². The molecule has 0 radical (unpaired) electrons. The Morgan fingerprint density at radius 3 is 2.86 bits per heavy atom. The minimum atomic E-state index is -1.03. The lowest BCUT2D eigenvalue weighted by molar-refractivity contribution is -0.121. The lowest BCUT2D eigenvalue weighted by Crippen LogP contribution is -2.24. The summed E-state index contributed by atoms with van der Waals surface area (Å²) in [6.45, 7) is 0.367. The van der Waals surface area contributed by atoms with Crippen LogP contribution in [-0.2, 0) is 11.3 Å². The summed E-state index contributed by atoms with van der Waals surface area (Å²) in [5.74, 6) is -0.384. The van der Waals surface area contributed by atoms with Crippen LogP contribution in [0.4, 0.5) is 0 Å². The first-order valence-electron chi connectivity index (χ1n) is 6.93. The summed E-state index contributed by atoms with van der Waals surface area (Å²) in [6.07, 6.45) is 6.78. The van der Waals surface area contributed by atoms with E-state index in [-0.39, 0.29) is 11.5 Å². The van der Waals surface area contributed by atoms with Crippen molar-refractivity contribution < 1.29 is 19.4 Å². The van der Waals surface area contributed by atoms with Crippen molar-refractivity contribution in [1.82, 2.24) is 5.32 Å². The Labute approximate surface area is 123 Å². The number of carboxylic acids is 1. The number of carbonyl (C=O) groups is 2. The summed E-state index contributed by atoms with van der Waals surface area (Å²) in [6, 6.07) is 4.81. The molecule has 2 N–H and O–H groups in total. The normalized spacial score (nSPS) is 16.7. The van der Waals surface area contributed by atoms with Gasteiger partial charge < -0.3 is 15.2 Å². The molecule has 2 rings (SSSR count). The van der Waals surface area contributed by atoms with Crippen molar-refractivity contribution in [3.8, 4) is 5.75 Å². The van der Waals surface area contributed by atoms with Gasteiger partial charge in [-0.2, -0.15) is 0 Å². The molecule has 1 aliphatic carbocycles. The number of methoxy groups -OCH3 is 1. The lowest BCUT2D eigenvalue weighted by Gasteiger charge is -2.10. The number of amides is 1. The van der Waals surface area contributed by atoms with Crippen LogP contribution in [0.5, 0.6) is 5.75 Å². The highest BCUT2D eigenvalue weighted by atomic mass is 16.5. The number of nitrogens with one attached hydrogen (secondary N) is 1. The Morgan fingerprint density at radius 1 is 1.43 bits per heavy atom. The maximum absolute atomic E-state index is 11.8. The zero-order chi connectivity index (χ0) is 15.2. The highest BCUT2D eigenvalue weighted by Crippen LogP contribution is 2.21. The summed E-state index contributed by atoms with van der Waals surface area (Å²) in [5.41, 5.74) is 0.927. The summed E-state index contributed by atoms with van der Waals surface area (Å²) < 4.78 is 5.06. The number of aromatic carboxylic acids is 1. The minimum Gasteiger partial charge on any atom is -0.496 e. The molecule has 0 aliphatic heterocycles. The predicted molar refractivity (Wildman–Crippen MR) is 78.3 cm³/mol. The highest BCUT2D eigenvalue weighted by Gasteiger charge is 2.14. The summed E-state index contributed by atoms with van der Waals surface area (Å²) in [5, 5.41) is 11.9. The van der Waals surface area contributed by atoms with Gasteiger partial charge in [-0.1, -0.05) is 18.2 Å². The van der Waals surface area contributed by atoms with Crippen molar-refractivity contribution >= 4 is 11.9 Å². The molecule has 1 atom stereocenters. The standard InChI is InChI=1S/C16H19NO4/c1-21-14-8-12(6-7-13(14)16(19)20)10-17-15(18)9-11-4-2-3-5-11/h2,4,6-8,11H,3,5,9-10H2,1H3,(H,17,18)(H,19,20)/t11-/m0/s1. The number of hydrogen-bond donors (Lipinski definition) is 2. The third-order valence-corrected chi connectivity index (χ3v) is 3.55. The van der Waals surface area contributed by atoms with Gasteiger partial charge in [0, 0.05) is 13.0 Å². The topological polar surface area (TPSA) is 75.6 Å². The number of rotatable bonds is 6. The average molecular weight is 289 g/mol. The lowest BCUT2D eigenvalue weighted by atomic mass is 10.0. The van der Waals surface area contributed by atoms with E-state index in [0.29, 0.717) is 24.6 Å². The molecular formula is C16H19NO4. The maximum atomic E-state index is 11.8. The van der Waals surface area contributed by atoms with Gasteiger partial charge in [-0.3, -0.25) is 4.79 Å². The molecule has 1 aromatic carbocycles. The molecule has 1 aliphatic rings. The molecular weight excluding hydrogens is 270 g/mol.